The lowest BCUT2D eigenvalue weighted by Crippen LogP contribution is -2.18. The fourth-order valence-corrected chi connectivity index (χ4v) is 1.62. The number of nitrogens with zero attached hydrogens (tertiary/aromatic N) is 1. The summed E-state index contributed by atoms with van der Waals surface area (Å²) in [4.78, 5) is 18.9. The zero-order chi connectivity index (χ0) is 10.1. The molecule has 0 aromatic carbocycles. The van der Waals surface area contributed by atoms with Crippen molar-refractivity contribution in [1.29, 1.82) is 0 Å². The topological polar surface area (TPSA) is 57.8 Å². The van der Waals surface area contributed by atoms with Crippen LogP contribution in [0.15, 0.2) is 4.79 Å². The Labute approximate surface area is 82.8 Å². The third kappa shape index (κ3) is 1.46. The number of fused-ring (bicyclic) bond motifs is 1. The maximum absolute atomic E-state index is 11.6. The van der Waals surface area contributed by atoms with Crippen LogP contribution in [0.25, 0.3) is 0 Å². The first-order valence-electron chi connectivity index (χ1n) is 5.05. The Balaban J connectivity index is 2.47. The van der Waals surface area contributed by atoms with Crippen LogP contribution < -0.4 is 10.9 Å². The molecule has 0 unspecified atom stereocenters. The SMILES string of the molecule is CC[C@H](C)c1nc2c(c(=O)[nH]1)CNC2. The van der Waals surface area contributed by atoms with Crippen LogP contribution in [-0.4, -0.2) is 9.97 Å². The highest BCUT2D eigenvalue weighted by molar-refractivity contribution is 5.22. The summed E-state index contributed by atoms with van der Waals surface area (Å²) in [6.07, 6.45) is 0.995. The van der Waals surface area contributed by atoms with Crippen LogP contribution in [0.2, 0.25) is 0 Å². The zero-order valence-electron chi connectivity index (χ0n) is 8.55. The van der Waals surface area contributed by atoms with Crippen LogP contribution in [-0.2, 0) is 13.1 Å². The highest BCUT2D eigenvalue weighted by Gasteiger charge is 2.17. The third-order valence-corrected chi connectivity index (χ3v) is 2.79. The number of nitrogens with one attached hydrogen (secondary N) is 2. The second-order valence-electron chi connectivity index (χ2n) is 3.79. The van der Waals surface area contributed by atoms with Crippen molar-refractivity contribution >= 4 is 0 Å². The summed E-state index contributed by atoms with van der Waals surface area (Å²) in [6, 6.07) is 0. The van der Waals surface area contributed by atoms with Gasteiger partial charge in [0, 0.05) is 19.0 Å². The van der Waals surface area contributed by atoms with Gasteiger partial charge in [-0.15, -0.1) is 0 Å². The van der Waals surface area contributed by atoms with Gasteiger partial charge >= 0.3 is 0 Å². The number of aromatic nitrogens is 2. The van der Waals surface area contributed by atoms with Gasteiger partial charge in [-0.1, -0.05) is 13.8 Å². The molecule has 1 aliphatic heterocycles. The molecule has 0 amide bonds. The van der Waals surface area contributed by atoms with Crippen molar-refractivity contribution in [3.05, 3.63) is 27.4 Å². The van der Waals surface area contributed by atoms with E-state index < -0.39 is 0 Å². The molecule has 1 aromatic heterocycles. The van der Waals surface area contributed by atoms with E-state index in [-0.39, 0.29) is 5.56 Å². The second-order valence-corrected chi connectivity index (χ2v) is 3.79. The number of aromatic amines is 1. The standard InChI is InChI=1S/C10H15N3O/c1-3-6(2)9-12-8-5-11-4-7(8)10(14)13-9/h6,11H,3-5H2,1-2H3,(H,12,13,14)/t6-/m0/s1. The molecule has 0 aliphatic carbocycles. The molecule has 0 saturated carbocycles. The molecule has 0 saturated heterocycles. The summed E-state index contributed by atoms with van der Waals surface area (Å²) in [5.41, 5.74) is 1.75. The van der Waals surface area contributed by atoms with Gasteiger partial charge in [0.25, 0.3) is 5.56 Å². The molecular weight excluding hydrogens is 178 g/mol. The Bertz CT molecular complexity index is 397. The fraction of sp³-hybridized carbons (Fsp3) is 0.600. The van der Waals surface area contributed by atoms with E-state index in [1.165, 1.54) is 0 Å². The molecule has 2 N–H and O–H groups in total. The molecule has 1 aliphatic rings. The van der Waals surface area contributed by atoms with Crippen molar-refractivity contribution in [3.63, 3.8) is 0 Å². The zero-order valence-corrected chi connectivity index (χ0v) is 8.55. The quantitative estimate of drug-likeness (QED) is 0.733. The van der Waals surface area contributed by atoms with Crippen molar-refractivity contribution in [3.8, 4) is 0 Å². The summed E-state index contributed by atoms with van der Waals surface area (Å²) in [7, 11) is 0. The van der Waals surface area contributed by atoms with E-state index in [2.05, 4.69) is 29.1 Å². The maximum atomic E-state index is 11.6. The molecule has 0 fully saturated rings. The van der Waals surface area contributed by atoms with E-state index in [0.29, 0.717) is 12.5 Å². The molecule has 14 heavy (non-hydrogen) atoms. The smallest absolute Gasteiger partial charge is 0.255 e. The lowest BCUT2D eigenvalue weighted by atomic mass is 10.1. The van der Waals surface area contributed by atoms with Gasteiger partial charge in [-0.2, -0.15) is 0 Å². The fourth-order valence-electron chi connectivity index (χ4n) is 1.62. The number of hydrogen-bond donors (Lipinski definition) is 2. The van der Waals surface area contributed by atoms with Crippen LogP contribution in [0.1, 0.15) is 43.3 Å². The highest BCUT2D eigenvalue weighted by atomic mass is 16.1. The summed E-state index contributed by atoms with van der Waals surface area (Å²) >= 11 is 0. The lowest BCUT2D eigenvalue weighted by Gasteiger charge is -2.08. The van der Waals surface area contributed by atoms with E-state index in [9.17, 15) is 4.79 Å². The van der Waals surface area contributed by atoms with Gasteiger partial charge < -0.3 is 10.3 Å². The summed E-state index contributed by atoms with van der Waals surface area (Å²) in [5.74, 6) is 1.15. The predicted octanol–water partition coefficient (Wildman–Crippen LogP) is 0.887. The number of H-pyrrole nitrogens is 1. The minimum absolute atomic E-state index is 0.0234. The average molecular weight is 193 g/mol. The Morgan fingerprint density at radius 1 is 1.50 bits per heavy atom. The average Bonchev–Trinajstić information content (AvgIpc) is 2.64. The van der Waals surface area contributed by atoms with E-state index in [1.54, 1.807) is 0 Å². The molecule has 0 spiro atoms. The Kier molecular flexibility index (Phi) is 2.37. The van der Waals surface area contributed by atoms with Crippen LogP contribution in [0.4, 0.5) is 0 Å². The van der Waals surface area contributed by atoms with Crippen molar-refractivity contribution in [2.45, 2.75) is 39.3 Å². The normalized spacial score (nSPS) is 16.7. The Morgan fingerprint density at radius 3 is 3.00 bits per heavy atom. The van der Waals surface area contributed by atoms with Crippen molar-refractivity contribution in [1.82, 2.24) is 15.3 Å². The molecule has 0 radical (unpaired) electrons. The first-order chi connectivity index (χ1) is 6.72. The van der Waals surface area contributed by atoms with Gasteiger partial charge in [0.05, 0.1) is 11.3 Å². The van der Waals surface area contributed by atoms with Crippen molar-refractivity contribution in [2.24, 2.45) is 0 Å². The molecule has 76 valence electrons. The van der Waals surface area contributed by atoms with Gasteiger partial charge in [0.2, 0.25) is 0 Å². The lowest BCUT2D eigenvalue weighted by molar-refractivity contribution is 0.666. The molecule has 4 nitrogen and oxygen atoms in total. The monoisotopic (exact) mass is 193 g/mol. The van der Waals surface area contributed by atoms with E-state index in [0.717, 1.165) is 30.0 Å². The van der Waals surface area contributed by atoms with Gasteiger partial charge in [0.1, 0.15) is 5.82 Å². The van der Waals surface area contributed by atoms with Crippen LogP contribution >= 0.6 is 0 Å². The van der Waals surface area contributed by atoms with E-state index >= 15 is 0 Å². The van der Waals surface area contributed by atoms with Crippen LogP contribution in [0.5, 0.6) is 0 Å². The Morgan fingerprint density at radius 2 is 2.29 bits per heavy atom. The van der Waals surface area contributed by atoms with Gasteiger partial charge in [-0.25, -0.2) is 4.98 Å². The van der Waals surface area contributed by atoms with Crippen LogP contribution in [0, 0.1) is 0 Å². The van der Waals surface area contributed by atoms with Gasteiger partial charge in [-0.05, 0) is 6.42 Å². The molecule has 2 rings (SSSR count). The van der Waals surface area contributed by atoms with Gasteiger partial charge in [0.15, 0.2) is 0 Å². The highest BCUT2D eigenvalue weighted by Crippen LogP contribution is 2.15. The minimum atomic E-state index is 0.0234. The van der Waals surface area contributed by atoms with Crippen molar-refractivity contribution < 1.29 is 0 Å². The number of rotatable bonds is 2. The van der Waals surface area contributed by atoms with E-state index in [1.807, 2.05) is 0 Å². The molecule has 1 atom stereocenters. The maximum Gasteiger partial charge on any atom is 0.255 e. The Hall–Kier alpha value is -1.16. The summed E-state index contributed by atoms with van der Waals surface area (Å²) in [5, 5.41) is 3.13. The van der Waals surface area contributed by atoms with E-state index in [4.69, 9.17) is 0 Å². The number of hydrogen-bond acceptors (Lipinski definition) is 3. The first-order valence-corrected chi connectivity index (χ1v) is 5.05. The largest absolute Gasteiger partial charge is 0.310 e. The summed E-state index contributed by atoms with van der Waals surface area (Å²) in [6.45, 7) is 5.55. The molecular formula is C10H15N3O. The van der Waals surface area contributed by atoms with Gasteiger partial charge in [-0.3, -0.25) is 4.79 Å². The van der Waals surface area contributed by atoms with Crippen molar-refractivity contribution in [2.75, 3.05) is 0 Å². The third-order valence-electron chi connectivity index (χ3n) is 2.79. The van der Waals surface area contributed by atoms with Crippen LogP contribution in [0.3, 0.4) is 0 Å². The molecule has 1 aromatic rings. The first kappa shape index (κ1) is 9.40. The predicted molar refractivity (Wildman–Crippen MR) is 54.1 cm³/mol. The molecule has 2 heterocycles. The molecule has 4 heteroatoms. The summed E-state index contributed by atoms with van der Waals surface area (Å²) < 4.78 is 0. The molecule has 0 bridgehead atoms. The second kappa shape index (κ2) is 3.53. The minimum Gasteiger partial charge on any atom is -0.310 e.